The van der Waals surface area contributed by atoms with Crippen LogP contribution in [0.25, 0.3) is 0 Å². The number of piperazine rings is 1. The molecule has 2 fully saturated rings. The lowest BCUT2D eigenvalue weighted by Gasteiger charge is -2.37. The van der Waals surface area contributed by atoms with Gasteiger partial charge in [-0.3, -0.25) is 19.8 Å². The van der Waals surface area contributed by atoms with Gasteiger partial charge in [0.1, 0.15) is 0 Å². The zero-order valence-corrected chi connectivity index (χ0v) is 14.9. The second-order valence-electron chi connectivity index (χ2n) is 7.10. The van der Waals surface area contributed by atoms with Crippen LogP contribution < -0.4 is 0 Å². The lowest BCUT2D eigenvalue weighted by molar-refractivity contribution is -0.385. The van der Waals surface area contributed by atoms with Crippen LogP contribution in [0.5, 0.6) is 0 Å². The van der Waals surface area contributed by atoms with Gasteiger partial charge in [0.25, 0.3) is 5.69 Å². The van der Waals surface area contributed by atoms with Crippen LogP contribution in [0.4, 0.5) is 5.69 Å². The molecule has 0 radical (unpaired) electrons. The molecule has 25 heavy (non-hydrogen) atoms. The van der Waals surface area contributed by atoms with E-state index in [1.807, 2.05) is 11.8 Å². The van der Waals surface area contributed by atoms with Crippen molar-refractivity contribution in [3.05, 3.63) is 39.9 Å². The topological polar surface area (TPSA) is 69.9 Å². The lowest BCUT2D eigenvalue weighted by Crippen LogP contribution is -2.54. The molecule has 1 saturated heterocycles. The van der Waals surface area contributed by atoms with Crippen LogP contribution >= 0.6 is 0 Å². The molecule has 0 spiro atoms. The van der Waals surface area contributed by atoms with Crippen LogP contribution in [0.1, 0.15) is 25.3 Å². The van der Waals surface area contributed by atoms with E-state index < -0.39 is 0 Å². The maximum atomic E-state index is 13.1. The predicted molar refractivity (Wildman–Crippen MR) is 95.2 cm³/mol. The number of amides is 1. The zero-order valence-electron chi connectivity index (χ0n) is 14.9. The summed E-state index contributed by atoms with van der Waals surface area (Å²) in [4.78, 5) is 30.3. The minimum atomic E-state index is -0.366. The summed E-state index contributed by atoms with van der Waals surface area (Å²) in [6, 6.07) is 6.76. The Labute approximate surface area is 148 Å². The number of hydrogen-bond acceptors (Lipinski definition) is 5. The fourth-order valence-electron chi connectivity index (χ4n) is 3.38. The first-order valence-corrected chi connectivity index (χ1v) is 8.92. The molecule has 1 aromatic carbocycles. The van der Waals surface area contributed by atoms with Gasteiger partial charge in [-0.05, 0) is 26.8 Å². The van der Waals surface area contributed by atoms with Crippen molar-refractivity contribution in [1.82, 2.24) is 14.7 Å². The molecule has 7 nitrogen and oxygen atoms in total. The highest BCUT2D eigenvalue weighted by Gasteiger charge is 2.37. The fraction of sp³-hybridized carbons (Fsp3) is 0.611. The lowest BCUT2D eigenvalue weighted by atomic mass is 10.1. The number of hydrogen-bond donors (Lipinski definition) is 0. The highest BCUT2D eigenvalue weighted by atomic mass is 16.6. The highest BCUT2D eigenvalue weighted by molar-refractivity contribution is 5.82. The second kappa shape index (κ2) is 7.49. The molecule has 1 heterocycles. The van der Waals surface area contributed by atoms with Crippen molar-refractivity contribution in [3.8, 4) is 0 Å². The molecule has 1 amide bonds. The summed E-state index contributed by atoms with van der Waals surface area (Å²) in [5, 5.41) is 11.3. The molecule has 1 aliphatic carbocycles. The van der Waals surface area contributed by atoms with Gasteiger partial charge in [-0.2, -0.15) is 0 Å². The molecule has 1 saturated carbocycles. The number of carbonyl (C=O) groups is 1. The summed E-state index contributed by atoms with van der Waals surface area (Å²) in [5.74, 6) is 0.0882. The van der Waals surface area contributed by atoms with Gasteiger partial charge in [-0.25, -0.2) is 0 Å². The molecule has 1 atom stereocenters. The number of nitro benzene ring substituents is 1. The van der Waals surface area contributed by atoms with E-state index in [1.165, 1.54) is 6.07 Å². The highest BCUT2D eigenvalue weighted by Crippen LogP contribution is 2.31. The molecular formula is C18H26N4O3. The molecule has 0 bridgehead atoms. The maximum Gasteiger partial charge on any atom is 0.274 e. The summed E-state index contributed by atoms with van der Waals surface area (Å²) >= 11 is 0. The third-order valence-electron chi connectivity index (χ3n) is 5.24. The molecular weight excluding hydrogens is 320 g/mol. The van der Waals surface area contributed by atoms with Crippen LogP contribution in [0.2, 0.25) is 0 Å². The molecule has 2 aliphatic rings. The van der Waals surface area contributed by atoms with Crippen molar-refractivity contribution in [1.29, 1.82) is 0 Å². The van der Waals surface area contributed by atoms with E-state index in [4.69, 9.17) is 0 Å². The summed E-state index contributed by atoms with van der Waals surface area (Å²) in [5.41, 5.74) is 0.700. The number of nitro groups is 1. The monoisotopic (exact) mass is 346 g/mol. The van der Waals surface area contributed by atoms with Crippen LogP contribution in [0.15, 0.2) is 24.3 Å². The van der Waals surface area contributed by atoms with E-state index in [2.05, 4.69) is 16.8 Å². The van der Waals surface area contributed by atoms with Crippen LogP contribution in [0.3, 0.4) is 0 Å². The smallest absolute Gasteiger partial charge is 0.274 e. The summed E-state index contributed by atoms with van der Waals surface area (Å²) < 4.78 is 0. The van der Waals surface area contributed by atoms with Gasteiger partial charge in [-0.15, -0.1) is 0 Å². The SMILES string of the molecule is CC(C(=O)N(Cc1ccccc1[N+](=O)[O-])C1CC1)N1CCN(C)CC1. The number of rotatable bonds is 6. The van der Waals surface area contributed by atoms with Gasteiger partial charge >= 0.3 is 0 Å². The van der Waals surface area contributed by atoms with Crippen LogP contribution in [-0.2, 0) is 11.3 Å². The quantitative estimate of drug-likeness (QED) is 0.579. The Morgan fingerprint density at radius 2 is 1.92 bits per heavy atom. The molecule has 1 aliphatic heterocycles. The Morgan fingerprint density at radius 1 is 1.28 bits per heavy atom. The molecule has 7 heteroatoms. The van der Waals surface area contributed by atoms with Crippen molar-refractivity contribution < 1.29 is 9.72 Å². The zero-order chi connectivity index (χ0) is 18.0. The average Bonchev–Trinajstić information content (AvgIpc) is 3.44. The van der Waals surface area contributed by atoms with Crippen molar-refractivity contribution in [2.45, 2.75) is 38.4 Å². The van der Waals surface area contributed by atoms with Gasteiger partial charge < -0.3 is 9.80 Å². The summed E-state index contributed by atoms with van der Waals surface area (Å²) in [6.45, 7) is 5.97. The third kappa shape index (κ3) is 4.16. The van der Waals surface area contributed by atoms with Crippen molar-refractivity contribution in [3.63, 3.8) is 0 Å². The van der Waals surface area contributed by atoms with E-state index in [1.54, 1.807) is 18.2 Å². The Balaban J connectivity index is 1.73. The number of likely N-dealkylation sites (N-methyl/N-ethyl adjacent to an activating group) is 1. The van der Waals surface area contributed by atoms with E-state index in [9.17, 15) is 14.9 Å². The first kappa shape index (κ1) is 17.8. The Hall–Kier alpha value is -1.99. The van der Waals surface area contributed by atoms with Gasteiger partial charge in [0.05, 0.1) is 17.5 Å². The molecule has 0 N–H and O–H groups in total. The average molecular weight is 346 g/mol. The number of para-hydroxylation sites is 1. The van der Waals surface area contributed by atoms with Gasteiger partial charge in [0, 0.05) is 43.9 Å². The van der Waals surface area contributed by atoms with Crippen molar-refractivity contribution in [2.75, 3.05) is 33.2 Å². The molecule has 136 valence electrons. The van der Waals surface area contributed by atoms with Gasteiger partial charge in [0.15, 0.2) is 0 Å². The number of benzene rings is 1. The fourth-order valence-corrected chi connectivity index (χ4v) is 3.38. The minimum Gasteiger partial charge on any atom is -0.334 e. The van der Waals surface area contributed by atoms with E-state index in [-0.39, 0.29) is 28.6 Å². The number of nitrogens with zero attached hydrogens (tertiary/aromatic N) is 4. The van der Waals surface area contributed by atoms with E-state index >= 15 is 0 Å². The number of carbonyl (C=O) groups excluding carboxylic acids is 1. The first-order valence-electron chi connectivity index (χ1n) is 8.92. The van der Waals surface area contributed by atoms with Crippen molar-refractivity contribution in [2.24, 2.45) is 0 Å². The minimum absolute atomic E-state index is 0.0882. The summed E-state index contributed by atoms with van der Waals surface area (Å²) in [6.07, 6.45) is 1.98. The molecule has 0 aromatic heterocycles. The molecule has 1 unspecified atom stereocenters. The predicted octanol–water partition coefficient (Wildman–Crippen LogP) is 1.72. The standard InChI is InChI=1S/C18H26N4O3/c1-14(20-11-9-19(2)10-12-20)18(23)21(16-7-8-16)13-15-5-3-4-6-17(15)22(24)25/h3-6,14,16H,7-13H2,1-2H3. The van der Waals surface area contributed by atoms with Gasteiger partial charge in [-0.1, -0.05) is 18.2 Å². The maximum absolute atomic E-state index is 13.1. The third-order valence-corrected chi connectivity index (χ3v) is 5.24. The normalized spacial score (nSPS) is 20.2. The van der Waals surface area contributed by atoms with E-state index in [0.29, 0.717) is 12.1 Å². The van der Waals surface area contributed by atoms with Crippen LogP contribution in [0, 0.1) is 10.1 Å². The Morgan fingerprint density at radius 3 is 2.52 bits per heavy atom. The first-order chi connectivity index (χ1) is 12.0. The second-order valence-corrected chi connectivity index (χ2v) is 7.10. The summed E-state index contributed by atoms with van der Waals surface area (Å²) in [7, 11) is 2.09. The van der Waals surface area contributed by atoms with Crippen LogP contribution in [-0.4, -0.2) is 70.8 Å². The largest absolute Gasteiger partial charge is 0.334 e. The molecule has 3 rings (SSSR count). The van der Waals surface area contributed by atoms with E-state index in [0.717, 1.165) is 39.0 Å². The van der Waals surface area contributed by atoms with Gasteiger partial charge in [0.2, 0.25) is 5.91 Å². The molecule has 1 aromatic rings. The van der Waals surface area contributed by atoms with Crippen molar-refractivity contribution >= 4 is 11.6 Å². The Bertz CT molecular complexity index is 639. The Kier molecular flexibility index (Phi) is 5.34.